The van der Waals surface area contributed by atoms with Crippen molar-refractivity contribution in [2.24, 2.45) is 0 Å². The fourth-order valence-corrected chi connectivity index (χ4v) is 5.93. The number of para-hydroxylation sites is 1. The lowest BCUT2D eigenvalue weighted by Gasteiger charge is -2.17. The molecule has 230 valence electrons. The number of carbonyl (C=O) groups is 1. The van der Waals surface area contributed by atoms with Gasteiger partial charge in [0, 0.05) is 41.1 Å². The van der Waals surface area contributed by atoms with Crippen molar-refractivity contribution in [2.75, 3.05) is 12.4 Å². The highest BCUT2D eigenvalue weighted by Crippen LogP contribution is 2.33. The summed E-state index contributed by atoms with van der Waals surface area (Å²) in [5.41, 5.74) is 3.75. The molecule has 0 spiro atoms. The summed E-state index contributed by atoms with van der Waals surface area (Å²) < 4.78 is 9.17. The molecule has 3 N–H and O–H groups in total. The number of phenolic OH excluding ortho intramolecular Hbond substituents is 1. The van der Waals surface area contributed by atoms with Crippen LogP contribution >= 0.6 is 11.8 Å². The molecule has 0 saturated carbocycles. The van der Waals surface area contributed by atoms with Crippen LogP contribution in [0.1, 0.15) is 38.4 Å². The van der Waals surface area contributed by atoms with Crippen molar-refractivity contribution in [1.82, 2.24) is 29.7 Å². The maximum absolute atomic E-state index is 13.2. The largest absolute Gasteiger partial charge is 0.507 e. The minimum Gasteiger partial charge on any atom is -0.507 e. The Hall–Kier alpha value is -4.87. The fraction of sp³-hybridized carbons (Fsp3) is 0.235. The van der Waals surface area contributed by atoms with E-state index in [4.69, 9.17) is 9.84 Å². The number of allylic oxidation sites excluding steroid dienone is 2. The van der Waals surface area contributed by atoms with Gasteiger partial charge in [-0.25, -0.2) is 9.48 Å². The van der Waals surface area contributed by atoms with Crippen LogP contribution in [-0.4, -0.2) is 48.7 Å². The second-order valence-electron chi connectivity index (χ2n) is 11.7. The van der Waals surface area contributed by atoms with Crippen LogP contribution in [0.2, 0.25) is 0 Å². The number of hydrogen-bond donors (Lipinski definition) is 3. The van der Waals surface area contributed by atoms with Crippen molar-refractivity contribution in [3.63, 3.8) is 0 Å². The number of aromatic hydroxyl groups is 1. The molecule has 10 nitrogen and oxygen atoms in total. The third-order valence-electron chi connectivity index (χ3n) is 7.44. The summed E-state index contributed by atoms with van der Waals surface area (Å²) in [6.45, 7) is 6.60. The number of nitrogens with zero attached hydrogens (tertiary/aromatic N) is 5. The molecule has 1 unspecified atom stereocenters. The number of hydrogen-bond acceptors (Lipinski definition) is 7. The highest BCUT2D eigenvalue weighted by atomic mass is 32.2. The minimum absolute atomic E-state index is 0.0502. The molecular weight excluding hydrogens is 586 g/mol. The molecular formula is C34H35N7O3S. The number of carbonyl (C=O) groups excluding carboxylic acids is 1. The first-order chi connectivity index (χ1) is 21.7. The Bertz CT molecular complexity index is 1920. The number of pyridine rings is 1. The highest BCUT2D eigenvalue weighted by molar-refractivity contribution is 7.99. The van der Waals surface area contributed by atoms with Gasteiger partial charge >= 0.3 is 6.03 Å². The quantitative estimate of drug-likeness (QED) is 0.173. The molecule has 1 atom stereocenters. The van der Waals surface area contributed by atoms with Crippen LogP contribution in [0.4, 0.5) is 10.6 Å². The lowest BCUT2D eigenvalue weighted by Crippen LogP contribution is -2.29. The van der Waals surface area contributed by atoms with Gasteiger partial charge in [-0.2, -0.15) is 5.10 Å². The van der Waals surface area contributed by atoms with Crippen LogP contribution in [0.5, 0.6) is 5.75 Å². The molecule has 3 aromatic heterocycles. The second-order valence-corrected chi connectivity index (χ2v) is 12.8. The predicted octanol–water partition coefficient (Wildman–Crippen LogP) is 6.88. The number of nitrogens with one attached hydrogen (secondary N) is 2. The van der Waals surface area contributed by atoms with E-state index in [1.54, 1.807) is 35.7 Å². The third kappa shape index (κ3) is 6.64. The molecule has 0 bridgehead atoms. The maximum Gasteiger partial charge on any atom is 0.320 e. The lowest BCUT2D eigenvalue weighted by atomic mass is 9.92. The van der Waals surface area contributed by atoms with Gasteiger partial charge in [0.15, 0.2) is 11.5 Å². The number of anilines is 1. The van der Waals surface area contributed by atoms with Crippen molar-refractivity contribution in [2.45, 2.75) is 55.0 Å². The number of benzene rings is 2. The minimum atomic E-state index is -0.335. The van der Waals surface area contributed by atoms with Gasteiger partial charge in [0.25, 0.3) is 0 Å². The first-order valence-electron chi connectivity index (χ1n) is 14.7. The van der Waals surface area contributed by atoms with E-state index in [0.29, 0.717) is 29.4 Å². The number of methoxy groups -OCH3 is 1. The predicted molar refractivity (Wildman–Crippen MR) is 176 cm³/mol. The van der Waals surface area contributed by atoms with Crippen LogP contribution in [-0.2, 0) is 16.7 Å². The Labute approximate surface area is 265 Å². The van der Waals surface area contributed by atoms with Gasteiger partial charge in [0.05, 0.1) is 23.1 Å². The number of amides is 2. The molecule has 0 fully saturated rings. The number of aromatic nitrogens is 5. The standard InChI is InChI=1S/C34H35N7O3S/c1-34(2,3)29-19-31(41(39-29)23-11-9-12-24(18-23)44-4)36-33(43)35-20-22-10-5-8-15-28(22)45-25-16-17-30-37-38-32(40(30)21-25)26-13-6-7-14-27(26)42/h5-11,13-19,21,24,42H,12,20H2,1-4H3,(H2,35,36,43). The zero-order valence-corrected chi connectivity index (χ0v) is 26.4. The molecule has 1 aliphatic carbocycles. The monoisotopic (exact) mass is 621 g/mol. The average molecular weight is 622 g/mol. The first-order valence-corrected chi connectivity index (χ1v) is 15.5. The van der Waals surface area contributed by atoms with Gasteiger partial charge in [0.1, 0.15) is 11.6 Å². The Kier molecular flexibility index (Phi) is 8.46. The molecule has 2 aromatic carbocycles. The molecule has 2 amide bonds. The van der Waals surface area contributed by atoms with E-state index in [-0.39, 0.29) is 23.3 Å². The summed E-state index contributed by atoms with van der Waals surface area (Å²) in [5, 5.41) is 29.8. The lowest BCUT2D eigenvalue weighted by molar-refractivity contribution is 0.143. The molecule has 5 aromatic rings. The van der Waals surface area contributed by atoms with Gasteiger partial charge in [0.2, 0.25) is 0 Å². The molecule has 1 aliphatic rings. The number of rotatable bonds is 8. The summed E-state index contributed by atoms with van der Waals surface area (Å²) >= 11 is 1.57. The first kappa shape index (κ1) is 30.2. The van der Waals surface area contributed by atoms with Crippen molar-refractivity contribution in [3.05, 3.63) is 102 Å². The van der Waals surface area contributed by atoms with Crippen LogP contribution in [0.25, 0.3) is 22.7 Å². The average Bonchev–Trinajstić information content (AvgIpc) is 3.65. The number of phenols is 1. The summed E-state index contributed by atoms with van der Waals surface area (Å²) in [6.07, 6.45) is 8.75. The molecule has 6 rings (SSSR count). The van der Waals surface area contributed by atoms with E-state index in [1.165, 1.54) is 0 Å². The van der Waals surface area contributed by atoms with Crippen molar-refractivity contribution in [1.29, 1.82) is 0 Å². The normalized spacial score (nSPS) is 14.8. The van der Waals surface area contributed by atoms with Gasteiger partial charge in [-0.1, -0.05) is 68.9 Å². The number of urea groups is 1. The van der Waals surface area contributed by atoms with E-state index in [2.05, 4.69) is 41.6 Å². The second kappa shape index (κ2) is 12.6. The van der Waals surface area contributed by atoms with Gasteiger partial charge in [-0.05, 0) is 54.5 Å². The SMILES string of the molecule is COC1C=C(n2nc(C(C)(C)C)cc2NC(=O)NCc2ccccc2Sc2ccc3nnc(-c4ccccc4O)n3c2)C=CC1. The molecule has 45 heavy (non-hydrogen) atoms. The number of ether oxygens (including phenoxy) is 1. The Morgan fingerprint density at radius 1 is 1.09 bits per heavy atom. The molecule has 3 heterocycles. The van der Waals surface area contributed by atoms with Crippen LogP contribution in [0.15, 0.2) is 101 Å². The van der Waals surface area contributed by atoms with Gasteiger partial charge in [-0.3, -0.25) is 9.72 Å². The Balaban J connectivity index is 1.19. The van der Waals surface area contributed by atoms with Gasteiger partial charge < -0.3 is 15.2 Å². The Morgan fingerprint density at radius 2 is 1.89 bits per heavy atom. The van der Waals surface area contributed by atoms with Crippen molar-refractivity contribution in [3.8, 4) is 17.1 Å². The molecule has 11 heteroatoms. The van der Waals surface area contributed by atoms with Crippen LogP contribution in [0, 0.1) is 0 Å². The van der Waals surface area contributed by atoms with Crippen LogP contribution < -0.4 is 10.6 Å². The third-order valence-corrected chi connectivity index (χ3v) is 8.54. The zero-order valence-electron chi connectivity index (χ0n) is 25.6. The van der Waals surface area contributed by atoms with E-state index in [1.807, 2.05) is 83.4 Å². The smallest absolute Gasteiger partial charge is 0.320 e. The fourth-order valence-electron chi connectivity index (χ4n) is 4.97. The number of fused-ring (bicyclic) bond motifs is 1. The summed E-state index contributed by atoms with van der Waals surface area (Å²) in [5.74, 6) is 1.28. The summed E-state index contributed by atoms with van der Waals surface area (Å²) in [7, 11) is 1.69. The van der Waals surface area contributed by atoms with Crippen LogP contribution in [0.3, 0.4) is 0 Å². The van der Waals surface area contributed by atoms with E-state index in [0.717, 1.165) is 33.2 Å². The van der Waals surface area contributed by atoms with Gasteiger partial charge in [-0.15, -0.1) is 10.2 Å². The van der Waals surface area contributed by atoms with E-state index < -0.39 is 0 Å². The maximum atomic E-state index is 13.2. The summed E-state index contributed by atoms with van der Waals surface area (Å²) in [6, 6.07) is 20.5. The highest BCUT2D eigenvalue weighted by Gasteiger charge is 2.23. The Morgan fingerprint density at radius 3 is 2.69 bits per heavy atom. The van der Waals surface area contributed by atoms with Crippen molar-refractivity contribution < 1.29 is 14.6 Å². The van der Waals surface area contributed by atoms with Crippen molar-refractivity contribution >= 4 is 35.0 Å². The topological polar surface area (TPSA) is 119 Å². The summed E-state index contributed by atoms with van der Waals surface area (Å²) in [4.78, 5) is 15.2. The van der Waals surface area contributed by atoms with E-state index >= 15 is 0 Å². The zero-order chi connectivity index (χ0) is 31.6. The molecule has 0 saturated heterocycles. The van der Waals surface area contributed by atoms with E-state index in [9.17, 15) is 9.90 Å². The molecule has 0 aliphatic heterocycles. The molecule has 0 radical (unpaired) electrons.